The molecular weight excluding hydrogens is 442 g/mol. The molecule has 1 amide bonds. The Morgan fingerprint density at radius 2 is 2.00 bits per heavy atom. The molecule has 7 nitrogen and oxygen atoms in total. The highest BCUT2D eigenvalue weighted by atomic mass is 16.6. The number of nitrogen functional groups attached to an aromatic ring is 1. The number of hydrogen-bond donors (Lipinski definition) is 2. The Morgan fingerprint density at radius 1 is 1.29 bits per heavy atom. The lowest BCUT2D eigenvalue weighted by atomic mass is 10.0. The van der Waals surface area contributed by atoms with Crippen LogP contribution in [0.4, 0.5) is 10.5 Å². The molecule has 3 rings (SSSR count). The normalized spacial score (nSPS) is 15.6. The standard InChI is InChI=1S/C28H35N3O4/c1-19-14-25(30)22(16-23(32)9-8-20-6-5-7-21(15-20)18-29)17-26(19)34-24-10-12-31(13-11-24)27(33)35-28(2,3)4/h5-9,14-15,17,23-24,32H,10-13,16,30H2,1-4H3/b9-8+. The molecule has 1 heterocycles. The zero-order valence-electron chi connectivity index (χ0n) is 21.0. The minimum Gasteiger partial charge on any atom is -0.490 e. The topological polar surface area (TPSA) is 109 Å². The van der Waals surface area contributed by atoms with Crippen molar-refractivity contribution >= 4 is 17.9 Å². The summed E-state index contributed by atoms with van der Waals surface area (Å²) in [7, 11) is 0. The Morgan fingerprint density at radius 3 is 2.66 bits per heavy atom. The number of aliphatic hydroxyl groups is 1. The molecule has 0 saturated carbocycles. The Balaban J connectivity index is 1.60. The summed E-state index contributed by atoms with van der Waals surface area (Å²) in [6.45, 7) is 8.70. The van der Waals surface area contributed by atoms with E-state index in [2.05, 4.69) is 6.07 Å². The first kappa shape index (κ1) is 26.1. The highest BCUT2D eigenvalue weighted by molar-refractivity contribution is 5.68. The van der Waals surface area contributed by atoms with E-state index in [1.165, 1.54) is 0 Å². The minimum absolute atomic E-state index is 0.0129. The summed E-state index contributed by atoms with van der Waals surface area (Å²) in [6, 6.07) is 13.1. The molecule has 1 unspecified atom stereocenters. The fraction of sp³-hybridized carbons (Fsp3) is 0.429. The first-order valence-corrected chi connectivity index (χ1v) is 11.9. The van der Waals surface area contributed by atoms with E-state index in [1.54, 1.807) is 29.2 Å². The third-order valence-electron chi connectivity index (χ3n) is 5.78. The fourth-order valence-electron chi connectivity index (χ4n) is 3.95. The van der Waals surface area contributed by atoms with Gasteiger partial charge in [-0.15, -0.1) is 0 Å². The number of rotatable bonds is 6. The van der Waals surface area contributed by atoms with E-state index in [9.17, 15) is 9.90 Å². The second kappa shape index (κ2) is 11.3. The predicted octanol–water partition coefficient (Wildman–Crippen LogP) is 4.84. The lowest BCUT2D eigenvalue weighted by Gasteiger charge is -2.33. The molecule has 0 aliphatic carbocycles. The molecule has 2 aromatic rings. The van der Waals surface area contributed by atoms with Crippen LogP contribution in [0.3, 0.4) is 0 Å². The van der Waals surface area contributed by atoms with Gasteiger partial charge in [0.05, 0.1) is 17.7 Å². The molecule has 0 bridgehead atoms. The van der Waals surface area contributed by atoms with Crippen molar-refractivity contribution in [3.8, 4) is 11.8 Å². The number of aryl methyl sites for hydroxylation is 1. The fourth-order valence-corrected chi connectivity index (χ4v) is 3.95. The van der Waals surface area contributed by atoms with Crippen LogP contribution < -0.4 is 10.5 Å². The maximum atomic E-state index is 12.3. The van der Waals surface area contributed by atoms with Crippen LogP contribution in [0.1, 0.15) is 55.9 Å². The number of benzene rings is 2. The summed E-state index contributed by atoms with van der Waals surface area (Å²) in [5.41, 5.74) is 9.48. The van der Waals surface area contributed by atoms with E-state index in [0.29, 0.717) is 43.6 Å². The van der Waals surface area contributed by atoms with Crippen LogP contribution in [-0.4, -0.2) is 47.0 Å². The highest BCUT2D eigenvalue weighted by Crippen LogP contribution is 2.29. The van der Waals surface area contributed by atoms with Crippen molar-refractivity contribution in [1.29, 1.82) is 5.26 Å². The average molecular weight is 478 g/mol. The highest BCUT2D eigenvalue weighted by Gasteiger charge is 2.28. The van der Waals surface area contributed by atoms with E-state index in [-0.39, 0.29) is 12.2 Å². The summed E-state index contributed by atoms with van der Waals surface area (Å²) in [5, 5.41) is 19.6. The third-order valence-corrected chi connectivity index (χ3v) is 5.78. The number of carbonyl (C=O) groups is 1. The number of ether oxygens (including phenoxy) is 2. The first-order chi connectivity index (χ1) is 16.5. The zero-order chi connectivity index (χ0) is 25.6. The lowest BCUT2D eigenvalue weighted by Crippen LogP contribution is -2.44. The predicted molar refractivity (Wildman–Crippen MR) is 137 cm³/mol. The van der Waals surface area contributed by atoms with Gasteiger partial charge in [-0.1, -0.05) is 24.3 Å². The molecule has 0 spiro atoms. The number of aliphatic hydroxyl groups excluding tert-OH is 1. The maximum Gasteiger partial charge on any atom is 0.410 e. The summed E-state index contributed by atoms with van der Waals surface area (Å²) in [4.78, 5) is 14.0. The second-order valence-electron chi connectivity index (χ2n) is 9.97. The van der Waals surface area contributed by atoms with E-state index in [0.717, 1.165) is 22.4 Å². The number of anilines is 1. The third kappa shape index (κ3) is 7.76. The van der Waals surface area contributed by atoms with Crippen LogP contribution in [0, 0.1) is 18.3 Å². The Hall–Kier alpha value is -3.50. The maximum absolute atomic E-state index is 12.3. The van der Waals surface area contributed by atoms with E-state index in [1.807, 2.05) is 52.0 Å². The van der Waals surface area contributed by atoms with Crippen LogP contribution in [-0.2, 0) is 11.2 Å². The molecule has 0 radical (unpaired) electrons. The van der Waals surface area contributed by atoms with Crippen LogP contribution in [0.25, 0.3) is 6.08 Å². The van der Waals surface area contributed by atoms with Crippen molar-refractivity contribution in [3.63, 3.8) is 0 Å². The summed E-state index contributed by atoms with van der Waals surface area (Å²) >= 11 is 0. The average Bonchev–Trinajstić information content (AvgIpc) is 2.80. The van der Waals surface area contributed by atoms with Gasteiger partial charge in [0.25, 0.3) is 0 Å². The molecule has 186 valence electrons. The molecule has 2 aromatic carbocycles. The zero-order valence-corrected chi connectivity index (χ0v) is 21.0. The number of hydrogen-bond acceptors (Lipinski definition) is 6. The van der Waals surface area contributed by atoms with Crippen molar-refractivity contribution in [2.24, 2.45) is 0 Å². The number of piperidine rings is 1. The molecule has 35 heavy (non-hydrogen) atoms. The molecule has 3 N–H and O–H groups in total. The number of carbonyl (C=O) groups excluding carboxylic acids is 1. The number of amides is 1. The quantitative estimate of drug-likeness (QED) is 0.576. The van der Waals surface area contributed by atoms with Gasteiger partial charge >= 0.3 is 6.09 Å². The first-order valence-electron chi connectivity index (χ1n) is 11.9. The molecule has 1 aliphatic heterocycles. The Labute approximate surface area is 207 Å². The van der Waals surface area contributed by atoms with Gasteiger partial charge in [-0.25, -0.2) is 4.79 Å². The molecule has 1 aliphatic rings. The van der Waals surface area contributed by atoms with E-state index in [4.69, 9.17) is 20.5 Å². The summed E-state index contributed by atoms with van der Waals surface area (Å²) < 4.78 is 11.7. The van der Waals surface area contributed by atoms with Crippen LogP contribution in [0.2, 0.25) is 0 Å². The van der Waals surface area contributed by atoms with Gasteiger partial charge in [0.2, 0.25) is 0 Å². The van der Waals surface area contributed by atoms with Gasteiger partial charge in [0.1, 0.15) is 17.5 Å². The van der Waals surface area contributed by atoms with Crippen molar-refractivity contribution in [1.82, 2.24) is 4.90 Å². The van der Waals surface area contributed by atoms with Crippen molar-refractivity contribution < 1.29 is 19.4 Å². The monoisotopic (exact) mass is 477 g/mol. The largest absolute Gasteiger partial charge is 0.490 e. The number of nitrogens with two attached hydrogens (primary N) is 1. The molecule has 1 saturated heterocycles. The molecule has 1 atom stereocenters. The number of nitriles is 1. The van der Waals surface area contributed by atoms with Gasteiger partial charge < -0.3 is 25.2 Å². The smallest absolute Gasteiger partial charge is 0.410 e. The van der Waals surface area contributed by atoms with E-state index < -0.39 is 11.7 Å². The van der Waals surface area contributed by atoms with Crippen molar-refractivity contribution in [3.05, 3.63) is 64.7 Å². The Kier molecular flexibility index (Phi) is 8.42. The minimum atomic E-state index is -0.740. The van der Waals surface area contributed by atoms with Gasteiger partial charge in [0, 0.05) is 38.0 Å². The van der Waals surface area contributed by atoms with E-state index >= 15 is 0 Å². The van der Waals surface area contributed by atoms with Crippen molar-refractivity contribution in [2.45, 2.75) is 64.8 Å². The molecule has 0 aromatic heterocycles. The lowest BCUT2D eigenvalue weighted by molar-refractivity contribution is 0.0126. The van der Waals surface area contributed by atoms with Gasteiger partial charge in [-0.3, -0.25) is 0 Å². The number of nitrogens with zero attached hydrogens (tertiary/aromatic N) is 2. The summed E-state index contributed by atoms with van der Waals surface area (Å²) in [6.07, 6.45) is 4.22. The van der Waals surface area contributed by atoms with Crippen LogP contribution in [0.5, 0.6) is 5.75 Å². The SMILES string of the molecule is Cc1cc(N)c(CC(O)/C=C/c2cccc(C#N)c2)cc1OC1CCN(C(=O)OC(C)(C)C)CC1. The second-order valence-corrected chi connectivity index (χ2v) is 9.97. The number of likely N-dealkylation sites (tertiary alicyclic amines) is 1. The van der Waals surface area contributed by atoms with Crippen LogP contribution in [0.15, 0.2) is 42.5 Å². The molecule has 7 heteroatoms. The van der Waals surface area contributed by atoms with Crippen molar-refractivity contribution in [2.75, 3.05) is 18.8 Å². The van der Waals surface area contributed by atoms with Gasteiger partial charge in [0.15, 0.2) is 0 Å². The Bertz CT molecular complexity index is 1110. The van der Waals surface area contributed by atoms with Gasteiger partial charge in [-0.2, -0.15) is 5.26 Å². The molecule has 1 fully saturated rings. The van der Waals surface area contributed by atoms with Gasteiger partial charge in [-0.05, 0) is 68.7 Å². The summed E-state index contributed by atoms with van der Waals surface area (Å²) in [5.74, 6) is 0.739. The molecular formula is C28H35N3O4. The van der Waals surface area contributed by atoms with Crippen LogP contribution >= 0.6 is 0 Å².